The lowest BCUT2D eigenvalue weighted by atomic mass is 10.3. The molecule has 0 radical (unpaired) electrons. The van der Waals surface area contributed by atoms with Crippen molar-refractivity contribution in [1.82, 2.24) is 0 Å². The molecule has 0 saturated heterocycles. The highest BCUT2D eigenvalue weighted by atomic mass is 16.2. The highest BCUT2D eigenvalue weighted by Crippen LogP contribution is 1.84. The number of carbonyl (C=O) groups excluding carboxylic acids is 1. The van der Waals surface area contributed by atoms with Crippen molar-refractivity contribution < 1.29 is 9.90 Å². The molecule has 0 aromatic rings. The Labute approximate surface area is 41.8 Å². The van der Waals surface area contributed by atoms with Crippen LogP contribution in [0.3, 0.4) is 0 Å². The van der Waals surface area contributed by atoms with E-state index in [-0.39, 0.29) is 5.57 Å². The normalized spacial score (nSPS) is 10.6. The molecule has 7 heavy (non-hydrogen) atoms. The molecule has 2 heteroatoms. The topological polar surface area (TPSA) is 37.3 Å². The first-order valence-corrected chi connectivity index (χ1v) is 1.77. The van der Waals surface area contributed by atoms with Crippen molar-refractivity contribution in [2.45, 2.75) is 0 Å². The van der Waals surface area contributed by atoms with Crippen LogP contribution in [0.4, 0.5) is 0 Å². The van der Waals surface area contributed by atoms with Gasteiger partial charge in [-0.25, -0.2) is 0 Å². The third-order valence-electron chi connectivity index (χ3n) is 0.521. The second-order valence-electron chi connectivity index (χ2n) is 0.951. The third-order valence-corrected chi connectivity index (χ3v) is 0.521. The Morgan fingerprint density at radius 3 is 2.29 bits per heavy atom. The Bertz CT molecular complexity index is 92.6. The summed E-state index contributed by atoms with van der Waals surface area (Å²) >= 11 is 0. The standard InChI is InChI=1S/C5H6O2/c1-2-5(3-6)4-7/h2-4,6H,1H2/b5-3+. The first-order chi connectivity index (χ1) is 3.35. The van der Waals surface area contributed by atoms with Crippen molar-refractivity contribution in [3.63, 3.8) is 0 Å². The first-order valence-electron chi connectivity index (χ1n) is 1.77. The van der Waals surface area contributed by atoms with E-state index in [2.05, 4.69) is 6.58 Å². The van der Waals surface area contributed by atoms with Crippen molar-refractivity contribution >= 4 is 6.29 Å². The molecule has 0 rings (SSSR count). The maximum Gasteiger partial charge on any atom is 0.153 e. The molecule has 0 spiro atoms. The SMILES string of the molecule is C=C/C(C=O)=C\O. The molecule has 0 aromatic carbocycles. The summed E-state index contributed by atoms with van der Waals surface area (Å²) in [5.74, 6) is 0. The van der Waals surface area contributed by atoms with Crippen LogP contribution in [-0.2, 0) is 4.79 Å². The summed E-state index contributed by atoms with van der Waals surface area (Å²) in [5.41, 5.74) is 0.194. The van der Waals surface area contributed by atoms with E-state index < -0.39 is 0 Å². The smallest absolute Gasteiger partial charge is 0.153 e. The minimum Gasteiger partial charge on any atom is -0.515 e. The molecule has 1 N–H and O–H groups in total. The van der Waals surface area contributed by atoms with Crippen LogP contribution in [0, 0.1) is 0 Å². The van der Waals surface area contributed by atoms with Gasteiger partial charge in [-0.1, -0.05) is 12.7 Å². The number of aliphatic hydroxyl groups excluding tert-OH is 1. The van der Waals surface area contributed by atoms with Gasteiger partial charge in [-0.3, -0.25) is 4.79 Å². The van der Waals surface area contributed by atoms with Crippen molar-refractivity contribution in [1.29, 1.82) is 0 Å². The Hall–Kier alpha value is -1.05. The van der Waals surface area contributed by atoms with Gasteiger partial charge in [0.15, 0.2) is 6.29 Å². The van der Waals surface area contributed by atoms with Crippen LogP contribution in [0.1, 0.15) is 0 Å². The van der Waals surface area contributed by atoms with Crippen LogP contribution in [-0.4, -0.2) is 11.4 Å². The maximum absolute atomic E-state index is 9.67. The predicted octanol–water partition coefficient (Wildman–Crippen LogP) is 0.813. The lowest BCUT2D eigenvalue weighted by Gasteiger charge is -1.77. The molecule has 0 heterocycles. The van der Waals surface area contributed by atoms with Crippen LogP contribution in [0.2, 0.25) is 0 Å². The minimum atomic E-state index is 0.194. The average molecular weight is 98.1 g/mol. The number of hydrogen-bond donors (Lipinski definition) is 1. The molecule has 0 aliphatic heterocycles. The number of allylic oxidation sites excluding steroid dienone is 2. The van der Waals surface area contributed by atoms with E-state index in [9.17, 15) is 4.79 Å². The van der Waals surface area contributed by atoms with Gasteiger partial charge in [0.25, 0.3) is 0 Å². The Morgan fingerprint density at radius 2 is 2.29 bits per heavy atom. The lowest BCUT2D eigenvalue weighted by Crippen LogP contribution is -1.74. The number of aliphatic hydroxyl groups is 1. The monoisotopic (exact) mass is 98.0 g/mol. The maximum atomic E-state index is 9.67. The highest BCUT2D eigenvalue weighted by molar-refractivity contribution is 5.76. The molecule has 0 aliphatic rings. The molecule has 0 saturated carbocycles. The van der Waals surface area contributed by atoms with Crippen molar-refractivity contribution in [3.8, 4) is 0 Å². The molecule has 0 atom stereocenters. The van der Waals surface area contributed by atoms with Crippen LogP contribution in [0.15, 0.2) is 24.5 Å². The van der Waals surface area contributed by atoms with Gasteiger partial charge in [0.05, 0.1) is 6.26 Å². The summed E-state index contributed by atoms with van der Waals surface area (Å²) in [4.78, 5) is 9.67. The van der Waals surface area contributed by atoms with Crippen LogP contribution >= 0.6 is 0 Å². The quantitative estimate of drug-likeness (QED) is 0.240. The number of hydrogen-bond acceptors (Lipinski definition) is 2. The molecule has 0 fully saturated rings. The van der Waals surface area contributed by atoms with Gasteiger partial charge in [0, 0.05) is 5.57 Å². The van der Waals surface area contributed by atoms with Crippen molar-refractivity contribution in [2.75, 3.05) is 0 Å². The van der Waals surface area contributed by atoms with E-state index >= 15 is 0 Å². The zero-order chi connectivity index (χ0) is 5.70. The molecule has 38 valence electrons. The fraction of sp³-hybridized carbons (Fsp3) is 0. The molecule has 0 unspecified atom stereocenters. The van der Waals surface area contributed by atoms with Crippen LogP contribution in [0.25, 0.3) is 0 Å². The fourth-order valence-corrected chi connectivity index (χ4v) is 0.131. The number of aldehydes is 1. The van der Waals surface area contributed by atoms with Gasteiger partial charge in [-0.05, 0) is 0 Å². The Morgan fingerprint density at radius 1 is 1.71 bits per heavy atom. The van der Waals surface area contributed by atoms with Gasteiger partial charge >= 0.3 is 0 Å². The summed E-state index contributed by atoms with van der Waals surface area (Å²) in [6.45, 7) is 3.24. The van der Waals surface area contributed by atoms with Gasteiger partial charge < -0.3 is 5.11 Å². The summed E-state index contributed by atoms with van der Waals surface area (Å²) in [6, 6.07) is 0. The number of rotatable bonds is 2. The molecule has 0 aliphatic carbocycles. The van der Waals surface area contributed by atoms with Crippen LogP contribution in [0.5, 0.6) is 0 Å². The third kappa shape index (κ3) is 1.76. The molecular formula is C5H6O2. The van der Waals surface area contributed by atoms with E-state index in [1.54, 1.807) is 0 Å². The second kappa shape index (κ2) is 3.15. The van der Waals surface area contributed by atoms with Gasteiger partial charge in [-0.2, -0.15) is 0 Å². The zero-order valence-electron chi connectivity index (χ0n) is 3.79. The van der Waals surface area contributed by atoms with E-state index in [1.165, 1.54) is 6.08 Å². The second-order valence-corrected chi connectivity index (χ2v) is 0.951. The molecule has 0 aromatic heterocycles. The van der Waals surface area contributed by atoms with E-state index in [0.717, 1.165) is 0 Å². The fourth-order valence-electron chi connectivity index (χ4n) is 0.131. The molecule has 0 bridgehead atoms. The first kappa shape index (κ1) is 5.95. The molecular weight excluding hydrogens is 92.1 g/mol. The Balaban J connectivity index is 3.85. The average Bonchev–Trinajstić information content (AvgIpc) is 1.72. The van der Waals surface area contributed by atoms with Gasteiger partial charge in [0.2, 0.25) is 0 Å². The van der Waals surface area contributed by atoms with Crippen molar-refractivity contribution in [3.05, 3.63) is 24.5 Å². The van der Waals surface area contributed by atoms with E-state index in [4.69, 9.17) is 5.11 Å². The zero-order valence-corrected chi connectivity index (χ0v) is 3.79. The summed E-state index contributed by atoms with van der Waals surface area (Å²) < 4.78 is 0. The lowest BCUT2D eigenvalue weighted by molar-refractivity contribution is -0.104. The van der Waals surface area contributed by atoms with E-state index in [1.807, 2.05) is 0 Å². The van der Waals surface area contributed by atoms with Crippen LogP contribution < -0.4 is 0 Å². The van der Waals surface area contributed by atoms with Gasteiger partial charge in [-0.15, -0.1) is 0 Å². The number of carbonyl (C=O) groups is 1. The van der Waals surface area contributed by atoms with Gasteiger partial charge in [0.1, 0.15) is 0 Å². The summed E-state index contributed by atoms with van der Waals surface area (Å²) in [7, 11) is 0. The van der Waals surface area contributed by atoms with E-state index in [0.29, 0.717) is 12.5 Å². The largest absolute Gasteiger partial charge is 0.515 e. The molecule has 2 nitrogen and oxygen atoms in total. The molecule has 0 amide bonds. The van der Waals surface area contributed by atoms with Crippen molar-refractivity contribution in [2.24, 2.45) is 0 Å². The Kier molecular flexibility index (Phi) is 2.68. The highest BCUT2D eigenvalue weighted by Gasteiger charge is 1.79. The summed E-state index contributed by atoms with van der Waals surface area (Å²) in [5, 5.41) is 8.06. The summed E-state index contributed by atoms with van der Waals surface area (Å²) in [6.07, 6.45) is 2.50. The predicted molar refractivity (Wildman–Crippen MR) is 27.0 cm³/mol. The minimum absolute atomic E-state index is 0.194.